The fourth-order valence-electron chi connectivity index (χ4n) is 4.73. The van der Waals surface area contributed by atoms with Crippen molar-refractivity contribution in [1.29, 1.82) is 0 Å². The van der Waals surface area contributed by atoms with Crippen molar-refractivity contribution < 1.29 is 13.7 Å². The molecule has 0 spiro atoms. The van der Waals surface area contributed by atoms with Crippen LogP contribution in [-0.4, -0.2) is 44.9 Å². The molecule has 0 bridgehead atoms. The van der Waals surface area contributed by atoms with Gasteiger partial charge in [0.15, 0.2) is 17.0 Å². The van der Waals surface area contributed by atoms with E-state index < -0.39 is 11.2 Å². The Morgan fingerprint density at radius 1 is 0.943 bits per heavy atom. The van der Waals surface area contributed by atoms with E-state index in [4.69, 9.17) is 4.98 Å². The van der Waals surface area contributed by atoms with Gasteiger partial charge in [0, 0.05) is 25.3 Å². The third kappa shape index (κ3) is 4.25. The van der Waals surface area contributed by atoms with Crippen LogP contribution in [0.4, 0.5) is 14.5 Å². The Labute approximate surface area is 200 Å². The molecule has 35 heavy (non-hydrogen) atoms. The van der Waals surface area contributed by atoms with Gasteiger partial charge in [0.2, 0.25) is 0 Å². The lowest BCUT2D eigenvalue weighted by Gasteiger charge is -2.33. The van der Waals surface area contributed by atoms with Gasteiger partial charge < -0.3 is 14.4 Å². The Bertz CT molecular complexity index is 1500. The van der Waals surface area contributed by atoms with E-state index >= 15 is 0 Å². The molecule has 0 atom stereocenters. The standard InChI is InChI=1S/C25H26F2N6O2/c1-29-23-22(24(34)30(2)25(29)35)33(15-17-5-3-4-6-20(17)27)21(28-23)16-31-11-13-32(14-12-31)19-9-7-18(26)8-10-19/h3-10H,11-16H2,1-2H3/p+1. The first-order chi connectivity index (χ1) is 16.8. The molecule has 4 aromatic rings. The predicted octanol–water partition coefficient (Wildman–Crippen LogP) is 0.665. The summed E-state index contributed by atoms with van der Waals surface area (Å²) in [5.41, 5.74) is 1.11. The van der Waals surface area contributed by atoms with E-state index in [2.05, 4.69) is 4.90 Å². The number of imidazole rings is 1. The van der Waals surface area contributed by atoms with Gasteiger partial charge in [0.1, 0.15) is 18.2 Å². The minimum atomic E-state index is -0.454. The number of anilines is 1. The highest BCUT2D eigenvalue weighted by molar-refractivity contribution is 5.71. The molecule has 10 heteroatoms. The van der Waals surface area contributed by atoms with Crippen LogP contribution in [0.15, 0.2) is 58.1 Å². The Kier molecular flexibility index (Phi) is 5.98. The third-order valence-electron chi connectivity index (χ3n) is 6.78. The van der Waals surface area contributed by atoms with E-state index in [0.717, 1.165) is 36.4 Å². The lowest BCUT2D eigenvalue weighted by molar-refractivity contribution is -0.915. The van der Waals surface area contributed by atoms with Crippen molar-refractivity contribution in [2.75, 3.05) is 31.1 Å². The molecule has 0 radical (unpaired) electrons. The Morgan fingerprint density at radius 2 is 1.63 bits per heavy atom. The lowest BCUT2D eigenvalue weighted by Crippen LogP contribution is -3.13. The van der Waals surface area contributed by atoms with E-state index in [-0.39, 0.29) is 23.7 Å². The molecule has 1 N–H and O–H groups in total. The minimum absolute atomic E-state index is 0.140. The van der Waals surface area contributed by atoms with E-state index in [1.54, 1.807) is 41.9 Å². The zero-order valence-electron chi connectivity index (χ0n) is 19.7. The topological polar surface area (TPSA) is 69.5 Å². The van der Waals surface area contributed by atoms with Gasteiger partial charge >= 0.3 is 5.69 Å². The molecule has 2 aromatic heterocycles. The number of benzene rings is 2. The molecule has 1 fully saturated rings. The molecular weight excluding hydrogens is 454 g/mol. The van der Waals surface area contributed by atoms with Crippen LogP contribution in [0.3, 0.4) is 0 Å². The summed E-state index contributed by atoms with van der Waals surface area (Å²) in [4.78, 5) is 33.8. The van der Waals surface area contributed by atoms with Crippen molar-refractivity contribution in [1.82, 2.24) is 18.7 Å². The number of piperazine rings is 1. The maximum atomic E-state index is 14.5. The van der Waals surface area contributed by atoms with E-state index in [1.807, 2.05) is 0 Å². The molecule has 5 rings (SSSR count). The molecule has 8 nitrogen and oxygen atoms in total. The monoisotopic (exact) mass is 481 g/mol. The molecule has 3 heterocycles. The summed E-state index contributed by atoms with van der Waals surface area (Å²) in [7, 11) is 3.02. The maximum absolute atomic E-state index is 14.5. The van der Waals surface area contributed by atoms with Crippen LogP contribution >= 0.6 is 0 Å². The summed E-state index contributed by atoms with van der Waals surface area (Å²) >= 11 is 0. The predicted molar refractivity (Wildman–Crippen MR) is 129 cm³/mol. The zero-order chi connectivity index (χ0) is 24.7. The van der Waals surface area contributed by atoms with Crippen LogP contribution in [0.2, 0.25) is 0 Å². The van der Waals surface area contributed by atoms with Crippen molar-refractivity contribution in [3.8, 4) is 0 Å². The number of hydrogen-bond acceptors (Lipinski definition) is 4. The van der Waals surface area contributed by atoms with E-state index in [0.29, 0.717) is 23.6 Å². The quantitative estimate of drug-likeness (QED) is 0.455. The van der Waals surface area contributed by atoms with Crippen molar-refractivity contribution in [3.05, 3.63) is 92.4 Å². The van der Waals surface area contributed by atoms with Crippen molar-refractivity contribution in [3.63, 3.8) is 0 Å². The second-order valence-electron chi connectivity index (χ2n) is 8.97. The van der Waals surface area contributed by atoms with Gasteiger partial charge in [-0.1, -0.05) is 18.2 Å². The summed E-state index contributed by atoms with van der Waals surface area (Å²) in [6, 6.07) is 12.9. The first-order valence-electron chi connectivity index (χ1n) is 11.6. The zero-order valence-corrected chi connectivity index (χ0v) is 19.7. The number of hydrogen-bond donors (Lipinski definition) is 1. The fraction of sp³-hybridized carbons (Fsp3) is 0.320. The summed E-state index contributed by atoms with van der Waals surface area (Å²) in [6.07, 6.45) is 0. The molecule has 1 aliphatic rings. The van der Waals surface area contributed by atoms with Gasteiger partial charge in [0.25, 0.3) is 5.56 Å². The van der Waals surface area contributed by atoms with Crippen molar-refractivity contribution in [2.45, 2.75) is 13.1 Å². The average molecular weight is 482 g/mol. The molecule has 1 saturated heterocycles. The number of aromatic nitrogens is 4. The molecular formula is C25H27F2N6O2+. The highest BCUT2D eigenvalue weighted by atomic mass is 19.1. The lowest BCUT2D eigenvalue weighted by atomic mass is 10.2. The van der Waals surface area contributed by atoms with E-state index in [9.17, 15) is 18.4 Å². The molecule has 2 aromatic carbocycles. The van der Waals surface area contributed by atoms with Crippen LogP contribution in [-0.2, 0) is 27.2 Å². The maximum Gasteiger partial charge on any atom is 0.332 e. The van der Waals surface area contributed by atoms with E-state index in [1.165, 1.54) is 34.7 Å². The van der Waals surface area contributed by atoms with Gasteiger partial charge in [-0.25, -0.2) is 18.6 Å². The van der Waals surface area contributed by atoms with Gasteiger partial charge in [-0.05, 0) is 30.3 Å². The van der Waals surface area contributed by atoms with Crippen LogP contribution in [0, 0.1) is 11.6 Å². The van der Waals surface area contributed by atoms with Crippen LogP contribution in [0.5, 0.6) is 0 Å². The normalized spacial score (nSPS) is 14.7. The SMILES string of the molecule is Cn1c(=O)c2c(nc(C[NH+]3CCN(c4ccc(F)cc4)CC3)n2Cc2ccccc2F)n(C)c1=O. The third-order valence-corrected chi connectivity index (χ3v) is 6.78. The summed E-state index contributed by atoms with van der Waals surface area (Å²) < 4.78 is 32.0. The number of halogens is 2. The summed E-state index contributed by atoms with van der Waals surface area (Å²) in [5, 5.41) is 0. The Balaban J connectivity index is 1.48. The van der Waals surface area contributed by atoms with Crippen molar-refractivity contribution in [2.24, 2.45) is 14.1 Å². The van der Waals surface area contributed by atoms with Crippen LogP contribution in [0.25, 0.3) is 11.2 Å². The molecule has 0 amide bonds. The highest BCUT2D eigenvalue weighted by Crippen LogP contribution is 2.17. The number of aryl methyl sites for hydroxylation is 1. The smallest absolute Gasteiger partial charge is 0.332 e. The number of rotatable bonds is 5. The average Bonchev–Trinajstić information content (AvgIpc) is 3.21. The summed E-state index contributed by atoms with van der Waals surface area (Å²) in [5.74, 6) is 0.0151. The molecule has 0 saturated carbocycles. The number of nitrogens with zero attached hydrogens (tertiary/aromatic N) is 5. The molecule has 182 valence electrons. The van der Waals surface area contributed by atoms with Crippen LogP contribution in [0.1, 0.15) is 11.4 Å². The van der Waals surface area contributed by atoms with Gasteiger partial charge in [-0.15, -0.1) is 0 Å². The number of nitrogens with one attached hydrogen (secondary N) is 1. The Morgan fingerprint density at radius 3 is 2.31 bits per heavy atom. The largest absolute Gasteiger partial charge is 0.360 e. The first kappa shape index (κ1) is 23.0. The van der Waals surface area contributed by atoms with Crippen LogP contribution < -0.4 is 21.0 Å². The second-order valence-corrected chi connectivity index (χ2v) is 8.97. The van der Waals surface area contributed by atoms with Crippen molar-refractivity contribution >= 4 is 16.9 Å². The van der Waals surface area contributed by atoms with Gasteiger partial charge in [-0.2, -0.15) is 0 Å². The first-order valence-corrected chi connectivity index (χ1v) is 11.6. The highest BCUT2D eigenvalue weighted by Gasteiger charge is 2.26. The van der Waals surface area contributed by atoms with Gasteiger partial charge in [-0.3, -0.25) is 13.9 Å². The molecule has 0 aliphatic carbocycles. The second kappa shape index (κ2) is 9.10. The van der Waals surface area contributed by atoms with Gasteiger partial charge in [0.05, 0.1) is 32.7 Å². The minimum Gasteiger partial charge on any atom is -0.360 e. The molecule has 1 aliphatic heterocycles. The fourth-order valence-corrected chi connectivity index (χ4v) is 4.73. The number of quaternary nitrogens is 1. The summed E-state index contributed by atoms with van der Waals surface area (Å²) in [6.45, 7) is 3.87. The Hall–Kier alpha value is -3.79. The number of fused-ring (bicyclic) bond motifs is 1. The molecule has 0 unspecified atom stereocenters.